The largest absolute Gasteiger partial charge is 0.367 e. The van der Waals surface area contributed by atoms with Gasteiger partial charge >= 0.3 is 5.97 Å². The Morgan fingerprint density at radius 3 is 2.11 bits per heavy atom. The van der Waals surface area contributed by atoms with Gasteiger partial charge in [0.25, 0.3) is 0 Å². The molecule has 0 saturated carbocycles. The van der Waals surface area contributed by atoms with Crippen molar-refractivity contribution in [3.63, 3.8) is 0 Å². The summed E-state index contributed by atoms with van der Waals surface area (Å²) in [6, 6.07) is 0. The predicted octanol–water partition coefficient (Wildman–Crippen LogP) is 2.21. The number of nitrogens with two attached hydrogens (primary N) is 2. The predicted molar refractivity (Wildman–Crippen MR) is 73.5 cm³/mol. The second-order valence-corrected chi connectivity index (χ2v) is 5.61. The van der Waals surface area contributed by atoms with Gasteiger partial charge in [0.2, 0.25) is 5.96 Å². The lowest BCUT2D eigenvalue weighted by Crippen LogP contribution is -2.46. The third-order valence-electron chi connectivity index (χ3n) is 4.66. The van der Waals surface area contributed by atoms with Gasteiger partial charge in [-0.05, 0) is 29.8 Å². The van der Waals surface area contributed by atoms with Gasteiger partial charge in [0.05, 0.1) is 5.41 Å². The van der Waals surface area contributed by atoms with E-state index >= 15 is 0 Å². The van der Waals surface area contributed by atoms with Crippen molar-refractivity contribution in [3.8, 4) is 0 Å². The van der Waals surface area contributed by atoms with E-state index in [-0.39, 0.29) is 17.3 Å². The molecule has 0 aromatic rings. The molecule has 0 spiro atoms. The Morgan fingerprint density at radius 2 is 1.78 bits per heavy atom. The first kappa shape index (κ1) is 16.7. The Morgan fingerprint density at radius 1 is 1.28 bits per heavy atom. The topological polar surface area (TPSA) is 90.7 Å². The summed E-state index contributed by atoms with van der Waals surface area (Å²) in [5.41, 5.74) is 9.52. The van der Waals surface area contributed by atoms with E-state index in [1.54, 1.807) is 0 Å². The summed E-state index contributed by atoms with van der Waals surface area (Å²) in [6.45, 7) is 12.3. The molecule has 0 aromatic heterocycles. The van der Waals surface area contributed by atoms with E-state index in [1.807, 2.05) is 13.8 Å². The summed E-state index contributed by atoms with van der Waals surface area (Å²) >= 11 is 0. The van der Waals surface area contributed by atoms with Crippen LogP contribution in [0.1, 0.15) is 54.4 Å². The van der Waals surface area contributed by atoms with Crippen molar-refractivity contribution >= 4 is 11.9 Å². The Labute approximate surface area is 110 Å². The number of oxime groups is 1. The summed E-state index contributed by atoms with van der Waals surface area (Å²) in [5, 5.41) is 3.36. The van der Waals surface area contributed by atoms with Crippen molar-refractivity contribution in [3.05, 3.63) is 0 Å². The molecule has 5 heteroatoms. The number of hydrogen-bond acceptors (Lipinski definition) is 3. The highest BCUT2D eigenvalue weighted by atomic mass is 16.7. The quantitative estimate of drug-likeness (QED) is 0.330. The molecular formula is C13H27N3O2. The van der Waals surface area contributed by atoms with Crippen LogP contribution in [0.5, 0.6) is 0 Å². The van der Waals surface area contributed by atoms with E-state index in [1.165, 1.54) is 0 Å². The Kier molecular flexibility index (Phi) is 5.64. The van der Waals surface area contributed by atoms with Gasteiger partial charge in [-0.1, -0.05) is 41.0 Å². The molecule has 18 heavy (non-hydrogen) atoms. The number of carbonyl (C=O) groups excluding carboxylic acids is 1. The van der Waals surface area contributed by atoms with Gasteiger partial charge < -0.3 is 16.3 Å². The molecule has 5 nitrogen and oxygen atoms in total. The van der Waals surface area contributed by atoms with Gasteiger partial charge in [-0.25, -0.2) is 4.79 Å². The van der Waals surface area contributed by atoms with Gasteiger partial charge in [-0.3, -0.25) is 0 Å². The van der Waals surface area contributed by atoms with Crippen LogP contribution in [0.15, 0.2) is 5.16 Å². The average Bonchev–Trinajstić information content (AvgIpc) is 2.32. The van der Waals surface area contributed by atoms with Crippen LogP contribution in [0.2, 0.25) is 0 Å². The highest BCUT2D eigenvalue weighted by Crippen LogP contribution is 2.48. The van der Waals surface area contributed by atoms with Crippen LogP contribution < -0.4 is 11.5 Å². The van der Waals surface area contributed by atoms with Crippen LogP contribution in [0.4, 0.5) is 0 Å². The summed E-state index contributed by atoms with van der Waals surface area (Å²) in [7, 11) is 0. The van der Waals surface area contributed by atoms with E-state index in [0.717, 1.165) is 6.42 Å². The number of hydrogen-bond donors (Lipinski definition) is 2. The van der Waals surface area contributed by atoms with Crippen molar-refractivity contribution in [2.75, 3.05) is 0 Å². The fourth-order valence-corrected chi connectivity index (χ4v) is 2.11. The molecule has 0 radical (unpaired) electrons. The third kappa shape index (κ3) is 3.15. The number of nitrogens with zero attached hydrogens (tertiary/aromatic N) is 1. The maximum absolute atomic E-state index is 12.2. The molecule has 0 rings (SSSR count). The van der Waals surface area contributed by atoms with Crippen LogP contribution >= 0.6 is 0 Å². The van der Waals surface area contributed by atoms with Crippen molar-refractivity contribution in [2.45, 2.75) is 54.4 Å². The fraction of sp³-hybridized carbons (Fsp3) is 0.846. The monoisotopic (exact) mass is 257 g/mol. The van der Waals surface area contributed by atoms with Gasteiger partial charge in [-0.15, -0.1) is 0 Å². The number of carbonyl (C=O) groups is 1. The van der Waals surface area contributed by atoms with E-state index < -0.39 is 5.41 Å². The lowest BCUT2D eigenvalue weighted by molar-refractivity contribution is -0.166. The summed E-state index contributed by atoms with van der Waals surface area (Å²) < 4.78 is 0. The minimum absolute atomic E-state index is 0.202. The maximum Gasteiger partial charge on any atom is 0.341 e. The Balaban J connectivity index is 5.23. The number of rotatable bonds is 6. The molecule has 0 aliphatic carbocycles. The molecule has 106 valence electrons. The number of guanidine groups is 1. The molecule has 0 fully saturated rings. The summed E-state index contributed by atoms with van der Waals surface area (Å²) in [6.07, 6.45) is 1.67. The third-order valence-corrected chi connectivity index (χ3v) is 4.66. The van der Waals surface area contributed by atoms with Crippen molar-refractivity contribution in [2.24, 2.45) is 33.4 Å². The molecule has 0 aliphatic heterocycles. The minimum Gasteiger partial charge on any atom is -0.367 e. The van der Waals surface area contributed by atoms with Gasteiger partial charge in [-0.2, -0.15) is 0 Å². The Bertz CT molecular complexity index is 322. The van der Waals surface area contributed by atoms with Gasteiger partial charge in [0.1, 0.15) is 0 Å². The molecule has 2 unspecified atom stereocenters. The smallest absolute Gasteiger partial charge is 0.341 e. The Hall–Kier alpha value is -1.26. The second kappa shape index (κ2) is 6.07. The molecule has 0 bridgehead atoms. The van der Waals surface area contributed by atoms with E-state index in [0.29, 0.717) is 12.3 Å². The summed E-state index contributed by atoms with van der Waals surface area (Å²) in [5.74, 6) is -0.249. The van der Waals surface area contributed by atoms with Crippen LogP contribution in [0, 0.1) is 16.7 Å². The first-order valence-electron chi connectivity index (χ1n) is 6.43. The van der Waals surface area contributed by atoms with Crippen molar-refractivity contribution in [1.82, 2.24) is 0 Å². The standard InChI is InChI=1S/C13H27N3O2/c1-7-9(3)12(4,5)13(6,8-2)10(17)18-16-11(14)15/h9H,7-8H2,1-6H3,(H4,14,15,16). The first-order valence-corrected chi connectivity index (χ1v) is 6.43. The molecule has 0 amide bonds. The zero-order valence-corrected chi connectivity index (χ0v) is 12.4. The zero-order chi connectivity index (χ0) is 14.6. The molecule has 4 N–H and O–H groups in total. The molecule has 2 atom stereocenters. The van der Waals surface area contributed by atoms with Gasteiger partial charge in [0.15, 0.2) is 0 Å². The minimum atomic E-state index is -0.624. The first-order chi connectivity index (χ1) is 8.13. The highest BCUT2D eigenvalue weighted by molar-refractivity contribution is 5.80. The lowest BCUT2D eigenvalue weighted by Gasteiger charge is -2.45. The van der Waals surface area contributed by atoms with Crippen LogP contribution in [-0.4, -0.2) is 11.9 Å². The zero-order valence-electron chi connectivity index (χ0n) is 12.4. The van der Waals surface area contributed by atoms with E-state index in [9.17, 15) is 4.79 Å². The SMILES string of the molecule is CCC(C)C(C)(C)C(C)(CC)C(=O)ON=C(N)N. The molecular weight excluding hydrogens is 230 g/mol. The molecule has 0 aromatic carbocycles. The van der Waals surface area contributed by atoms with Crippen molar-refractivity contribution < 1.29 is 9.63 Å². The molecule has 0 aliphatic rings. The van der Waals surface area contributed by atoms with E-state index in [4.69, 9.17) is 16.3 Å². The van der Waals surface area contributed by atoms with E-state index in [2.05, 4.69) is 32.9 Å². The fourth-order valence-electron chi connectivity index (χ4n) is 2.11. The van der Waals surface area contributed by atoms with Gasteiger partial charge in [0, 0.05) is 0 Å². The summed E-state index contributed by atoms with van der Waals surface area (Å²) in [4.78, 5) is 17.1. The molecule has 0 heterocycles. The van der Waals surface area contributed by atoms with Crippen LogP contribution in [0.25, 0.3) is 0 Å². The highest BCUT2D eigenvalue weighted by Gasteiger charge is 2.49. The normalized spacial score (nSPS) is 16.6. The second-order valence-electron chi connectivity index (χ2n) is 5.61. The molecule has 0 saturated heterocycles. The van der Waals surface area contributed by atoms with Crippen LogP contribution in [0.3, 0.4) is 0 Å². The van der Waals surface area contributed by atoms with Crippen LogP contribution in [-0.2, 0) is 9.63 Å². The average molecular weight is 257 g/mol. The lowest BCUT2D eigenvalue weighted by atomic mass is 9.59. The van der Waals surface area contributed by atoms with Crippen molar-refractivity contribution in [1.29, 1.82) is 0 Å². The maximum atomic E-state index is 12.2.